The number of carbonyl (C=O) groups excluding carboxylic acids is 2. The molecular weight excluding hydrogens is 412 g/mol. The zero-order chi connectivity index (χ0) is 21.4. The van der Waals surface area contributed by atoms with E-state index in [1.165, 1.54) is 16.8 Å². The molecule has 0 spiro atoms. The molecular formula is C18H19N6O5S+. The van der Waals surface area contributed by atoms with E-state index in [1.54, 1.807) is 19.1 Å². The SMILES string of the molecule is C[C@H](CO)NC(=O)c1nn(-c2ccc([N+](=O)O)cc2)c2nc(NC(=O)C3CC3)sc12. The number of nitrogens with one attached hydrogen (secondary N) is 2. The Labute approximate surface area is 173 Å². The predicted molar refractivity (Wildman–Crippen MR) is 107 cm³/mol. The second kappa shape index (κ2) is 7.80. The zero-order valence-corrected chi connectivity index (χ0v) is 16.7. The van der Waals surface area contributed by atoms with Gasteiger partial charge in [-0.15, -0.1) is 0 Å². The number of nitrogens with zero attached hydrogens (tertiary/aromatic N) is 4. The van der Waals surface area contributed by atoms with E-state index in [1.807, 2.05) is 0 Å². The Kier molecular flexibility index (Phi) is 5.18. The van der Waals surface area contributed by atoms with Crippen LogP contribution in [0.15, 0.2) is 24.3 Å². The van der Waals surface area contributed by atoms with Gasteiger partial charge < -0.3 is 15.7 Å². The van der Waals surface area contributed by atoms with Crippen molar-refractivity contribution >= 4 is 44.3 Å². The molecule has 0 radical (unpaired) electrons. The molecule has 12 heteroatoms. The molecule has 1 saturated carbocycles. The Bertz CT molecular complexity index is 1130. The molecule has 156 valence electrons. The van der Waals surface area contributed by atoms with E-state index < -0.39 is 11.9 Å². The standard InChI is InChI=1S/C18H18N6O5S/c1-9(8-25)19-17(27)13-14-15(20-18(30-14)21-16(26)10-2-3-10)23(22-13)11-4-6-12(7-5-11)24(28)29/h4-7,9-10,25H,2-3,8H2,1H3,(H2-,19,20,21,22,26,27,28,29)/p+1/t9-/m1/s1. The number of benzene rings is 1. The van der Waals surface area contributed by atoms with Gasteiger partial charge in [0.05, 0.1) is 17.2 Å². The van der Waals surface area contributed by atoms with Crippen LogP contribution < -0.4 is 10.6 Å². The molecule has 0 bridgehead atoms. The average Bonchev–Trinajstić information content (AvgIpc) is 3.41. The largest absolute Gasteiger partial charge is 0.394 e. The second-order valence-corrected chi connectivity index (χ2v) is 8.04. The van der Waals surface area contributed by atoms with Gasteiger partial charge in [0.1, 0.15) is 4.70 Å². The Morgan fingerprint density at radius 1 is 1.33 bits per heavy atom. The van der Waals surface area contributed by atoms with Crippen molar-refractivity contribution in [2.75, 3.05) is 11.9 Å². The van der Waals surface area contributed by atoms with Gasteiger partial charge >= 0.3 is 5.69 Å². The second-order valence-electron chi connectivity index (χ2n) is 7.04. The first-order valence-corrected chi connectivity index (χ1v) is 10.1. The van der Waals surface area contributed by atoms with E-state index in [2.05, 4.69) is 20.7 Å². The first-order chi connectivity index (χ1) is 14.4. The third-order valence-electron chi connectivity index (χ3n) is 4.58. The molecule has 2 heterocycles. The van der Waals surface area contributed by atoms with Crippen molar-refractivity contribution in [2.45, 2.75) is 25.8 Å². The Morgan fingerprint density at radius 2 is 2.03 bits per heavy atom. The molecule has 4 N–H and O–H groups in total. The van der Waals surface area contributed by atoms with Crippen LogP contribution >= 0.6 is 11.3 Å². The molecule has 0 unspecified atom stereocenters. The van der Waals surface area contributed by atoms with Gasteiger partial charge in [0, 0.05) is 24.1 Å². The number of hydrogen-bond donors (Lipinski definition) is 4. The average molecular weight is 431 g/mol. The van der Waals surface area contributed by atoms with Gasteiger partial charge in [0.25, 0.3) is 10.8 Å². The minimum atomic E-state index is -0.485. The maximum absolute atomic E-state index is 12.7. The van der Waals surface area contributed by atoms with Crippen LogP contribution in [-0.2, 0) is 4.79 Å². The van der Waals surface area contributed by atoms with Gasteiger partial charge in [-0.3, -0.25) is 9.59 Å². The lowest BCUT2D eigenvalue weighted by atomic mass is 10.3. The Hall–Kier alpha value is -3.38. The van der Waals surface area contributed by atoms with Crippen LogP contribution in [0.3, 0.4) is 0 Å². The van der Waals surface area contributed by atoms with Crippen LogP contribution in [0.5, 0.6) is 0 Å². The van der Waals surface area contributed by atoms with Gasteiger partial charge in [-0.25, -0.2) is 9.89 Å². The van der Waals surface area contributed by atoms with Crippen LogP contribution in [-0.4, -0.2) is 54.5 Å². The molecule has 2 amide bonds. The van der Waals surface area contributed by atoms with Crippen molar-refractivity contribution in [1.82, 2.24) is 20.1 Å². The molecule has 3 aromatic rings. The van der Waals surface area contributed by atoms with Crippen molar-refractivity contribution in [3.05, 3.63) is 34.9 Å². The third-order valence-corrected chi connectivity index (χ3v) is 5.55. The molecule has 0 saturated heterocycles. The van der Waals surface area contributed by atoms with Crippen LogP contribution in [0.1, 0.15) is 30.3 Å². The highest BCUT2D eigenvalue weighted by Crippen LogP contribution is 2.34. The fourth-order valence-corrected chi connectivity index (χ4v) is 3.73. The molecule has 2 aromatic heterocycles. The molecule has 30 heavy (non-hydrogen) atoms. The monoisotopic (exact) mass is 431 g/mol. The minimum absolute atomic E-state index is 0.00254. The maximum Gasteiger partial charge on any atom is 0.316 e. The first kappa shape index (κ1) is 19.9. The van der Waals surface area contributed by atoms with E-state index in [4.69, 9.17) is 5.21 Å². The van der Waals surface area contributed by atoms with Crippen molar-refractivity contribution in [3.8, 4) is 5.69 Å². The lowest BCUT2D eigenvalue weighted by Gasteiger charge is -2.08. The lowest BCUT2D eigenvalue weighted by Crippen LogP contribution is -2.35. The van der Waals surface area contributed by atoms with Crippen molar-refractivity contribution < 1.29 is 24.8 Å². The summed E-state index contributed by atoms with van der Waals surface area (Å²) in [5.74, 6) is -0.585. The van der Waals surface area contributed by atoms with Gasteiger partial charge in [-0.2, -0.15) is 10.1 Å². The summed E-state index contributed by atoms with van der Waals surface area (Å²) in [6.07, 6.45) is 1.70. The van der Waals surface area contributed by atoms with Crippen LogP contribution in [0.2, 0.25) is 0 Å². The van der Waals surface area contributed by atoms with Crippen molar-refractivity contribution in [3.63, 3.8) is 0 Å². The maximum atomic E-state index is 12.7. The lowest BCUT2D eigenvalue weighted by molar-refractivity contribution is -0.729. The number of hydrogen-bond acceptors (Lipinski definition) is 7. The topological polar surface area (TPSA) is 149 Å². The molecule has 11 nitrogen and oxygen atoms in total. The molecule has 1 aliphatic carbocycles. The molecule has 4 rings (SSSR count). The number of aromatic nitrogens is 3. The number of amides is 2. The summed E-state index contributed by atoms with van der Waals surface area (Å²) in [6, 6.07) is 5.41. The third kappa shape index (κ3) is 3.86. The Balaban J connectivity index is 1.75. The highest BCUT2D eigenvalue weighted by atomic mass is 32.1. The number of aliphatic hydroxyl groups excluding tert-OH is 1. The van der Waals surface area contributed by atoms with E-state index in [0.717, 1.165) is 24.2 Å². The van der Waals surface area contributed by atoms with E-state index in [0.29, 0.717) is 21.2 Å². The highest BCUT2D eigenvalue weighted by molar-refractivity contribution is 7.22. The summed E-state index contributed by atoms with van der Waals surface area (Å²) in [5, 5.41) is 28.4. The number of aliphatic hydroxyl groups is 1. The smallest absolute Gasteiger partial charge is 0.316 e. The molecule has 1 fully saturated rings. The van der Waals surface area contributed by atoms with E-state index >= 15 is 0 Å². The van der Waals surface area contributed by atoms with Gasteiger partial charge in [0.2, 0.25) is 5.91 Å². The summed E-state index contributed by atoms with van der Waals surface area (Å²) in [4.78, 5) is 40.0. The predicted octanol–water partition coefficient (Wildman–Crippen LogP) is 1.74. The number of carbonyl (C=O) groups is 2. The summed E-state index contributed by atoms with van der Waals surface area (Å²) < 4.78 is 1.90. The first-order valence-electron chi connectivity index (χ1n) is 9.26. The van der Waals surface area contributed by atoms with Crippen molar-refractivity contribution in [2.24, 2.45) is 5.92 Å². The van der Waals surface area contributed by atoms with Gasteiger partial charge in [-0.05, 0) is 31.9 Å². The number of fused-ring (bicyclic) bond motifs is 1. The fourth-order valence-electron chi connectivity index (χ4n) is 2.80. The fraction of sp³-hybridized carbons (Fsp3) is 0.333. The van der Waals surface area contributed by atoms with E-state index in [9.17, 15) is 19.6 Å². The summed E-state index contributed by atoms with van der Waals surface area (Å²) in [7, 11) is 0. The zero-order valence-electron chi connectivity index (χ0n) is 15.9. The van der Waals surface area contributed by atoms with Gasteiger partial charge in [0.15, 0.2) is 16.5 Å². The molecule has 0 aliphatic heterocycles. The summed E-state index contributed by atoms with van der Waals surface area (Å²) in [5.41, 5.74) is 1.01. The van der Waals surface area contributed by atoms with Crippen molar-refractivity contribution in [1.29, 1.82) is 0 Å². The van der Waals surface area contributed by atoms with Crippen LogP contribution in [0.4, 0.5) is 10.8 Å². The normalized spacial score (nSPS) is 14.5. The number of rotatable bonds is 7. The highest BCUT2D eigenvalue weighted by Gasteiger charge is 2.31. The van der Waals surface area contributed by atoms with E-state index in [-0.39, 0.29) is 34.7 Å². The molecule has 1 atom stereocenters. The summed E-state index contributed by atoms with van der Waals surface area (Å²) in [6.45, 7) is 1.43. The number of anilines is 1. The molecule has 1 aromatic carbocycles. The summed E-state index contributed by atoms with van der Waals surface area (Å²) >= 11 is 1.14. The van der Waals surface area contributed by atoms with Gasteiger partial charge in [-0.1, -0.05) is 11.3 Å². The van der Waals surface area contributed by atoms with Crippen LogP contribution in [0.25, 0.3) is 16.0 Å². The molecule has 1 aliphatic rings. The Morgan fingerprint density at radius 3 is 2.63 bits per heavy atom. The minimum Gasteiger partial charge on any atom is -0.394 e. The van der Waals surface area contributed by atoms with Crippen LogP contribution in [0, 0.1) is 10.8 Å². The quantitative estimate of drug-likeness (QED) is 0.416. The number of thiazole rings is 1.